The molecule has 158 valence electrons. The lowest BCUT2D eigenvalue weighted by molar-refractivity contribution is -0.138. The summed E-state index contributed by atoms with van der Waals surface area (Å²) < 4.78 is 20.8. The first-order chi connectivity index (χ1) is 14.5. The summed E-state index contributed by atoms with van der Waals surface area (Å²) in [5.41, 5.74) is 0.780. The zero-order valence-electron chi connectivity index (χ0n) is 17.2. The summed E-state index contributed by atoms with van der Waals surface area (Å²) in [6.45, 7) is 2.95. The van der Waals surface area contributed by atoms with Crippen molar-refractivity contribution < 1.29 is 13.9 Å². The highest BCUT2D eigenvalue weighted by Gasteiger charge is 2.35. The van der Waals surface area contributed by atoms with Crippen LogP contribution in [0.1, 0.15) is 44.6 Å². The van der Waals surface area contributed by atoms with E-state index in [-0.39, 0.29) is 18.6 Å². The summed E-state index contributed by atoms with van der Waals surface area (Å²) in [4.78, 5) is 19.2. The molecule has 0 bridgehead atoms. The van der Waals surface area contributed by atoms with Crippen molar-refractivity contribution in [3.05, 3.63) is 36.0 Å². The summed E-state index contributed by atoms with van der Waals surface area (Å²) in [6.07, 6.45) is 4.65. The van der Waals surface area contributed by atoms with Crippen LogP contribution in [0.4, 0.5) is 10.1 Å². The summed E-state index contributed by atoms with van der Waals surface area (Å²) in [7, 11) is 0. The zero-order valence-corrected chi connectivity index (χ0v) is 17.2. The van der Waals surface area contributed by atoms with Gasteiger partial charge in [-0.05, 0) is 44.0 Å². The van der Waals surface area contributed by atoms with Crippen LogP contribution in [0, 0.1) is 11.3 Å². The Kier molecular flexibility index (Phi) is 5.87. The number of aromatic nitrogens is 1. The minimum Gasteiger partial charge on any atom is -0.365 e. The maximum atomic E-state index is 14.9. The number of ether oxygens (including phenoxy) is 1. The van der Waals surface area contributed by atoms with E-state index in [0.717, 1.165) is 30.3 Å². The Labute approximate surface area is 176 Å². The van der Waals surface area contributed by atoms with Crippen LogP contribution < -0.4 is 10.2 Å². The number of nitriles is 1. The van der Waals surface area contributed by atoms with Crippen LogP contribution in [0.25, 0.3) is 10.9 Å². The molecule has 2 aliphatic rings. The maximum Gasteiger partial charge on any atom is 0.251 e. The molecule has 1 N–H and O–H groups in total. The third kappa shape index (κ3) is 4.24. The SMILES string of the molecule is CC1CN(c2ccc(C#N)c3ncccc23)CC(C(=O)NCC2(F)CCCCC2)O1. The number of benzene rings is 1. The van der Waals surface area contributed by atoms with Gasteiger partial charge in [0.15, 0.2) is 6.10 Å². The van der Waals surface area contributed by atoms with Gasteiger partial charge >= 0.3 is 0 Å². The zero-order chi connectivity index (χ0) is 21.1. The number of halogens is 1. The predicted molar refractivity (Wildman–Crippen MR) is 113 cm³/mol. The summed E-state index contributed by atoms with van der Waals surface area (Å²) in [6, 6.07) is 9.61. The number of morpholine rings is 1. The monoisotopic (exact) mass is 410 g/mol. The Morgan fingerprint density at radius 3 is 2.90 bits per heavy atom. The van der Waals surface area contributed by atoms with Crippen LogP contribution in [-0.4, -0.2) is 48.4 Å². The first kappa shape index (κ1) is 20.5. The summed E-state index contributed by atoms with van der Waals surface area (Å²) in [5.74, 6) is -0.273. The maximum absolute atomic E-state index is 14.9. The fraction of sp³-hybridized carbons (Fsp3) is 0.522. The largest absolute Gasteiger partial charge is 0.365 e. The van der Waals surface area contributed by atoms with Gasteiger partial charge in [-0.2, -0.15) is 5.26 Å². The summed E-state index contributed by atoms with van der Waals surface area (Å²) >= 11 is 0. The molecule has 2 unspecified atom stereocenters. The molecular weight excluding hydrogens is 383 g/mol. The number of hydrogen-bond acceptors (Lipinski definition) is 5. The number of carbonyl (C=O) groups is 1. The molecule has 1 aliphatic heterocycles. The molecule has 2 atom stereocenters. The van der Waals surface area contributed by atoms with E-state index >= 15 is 0 Å². The molecule has 1 saturated heterocycles. The molecule has 0 radical (unpaired) electrons. The normalized spacial score (nSPS) is 23.7. The van der Waals surface area contributed by atoms with Crippen LogP contribution in [0.3, 0.4) is 0 Å². The van der Waals surface area contributed by atoms with Crippen LogP contribution in [0.5, 0.6) is 0 Å². The van der Waals surface area contributed by atoms with Gasteiger partial charge in [0.05, 0.1) is 30.3 Å². The number of fused-ring (bicyclic) bond motifs is 1. The van der Waals surface area contributed by atoms with E-state index in [2.05, 4.69) is 21.3 Å². The number of nitrogens with zero attached hydrogens (tertiary/aromatic N) is 3. The lowest BCUT2D eigenvalue weighted by atomic mass is 9.86. The van der Waals surface area contributed by atoms with Crippen LogP contribution >= 0.6 is 0 Å². The predicted octanol–water partition coefficient (Wildman–Crippen LogP) is 3.49. The second-order valence-corrected chi connectivity index (χ2v) is 8.41. The van der Waals surface area contributed by atoms with Crippen molar-refractivity contribution >= 4 is 22.5 Å². The van der Waals surface area contributed by atoms with Gasteiger partial charge in [0.1, 0.15) is 11.7 Å². The van der Waals surface area contributed by atoms with Gasteiger partial charge in [-0.25, -0.2) is 4.39 Å². The molecular formula is C23H27FN4O2. The van der Waals surface area contributed by atoms with Gasteiger partial charge in [-0.3, -0.25) is 9.78 Å². The molecule has 1 amide bonds. The second kappa shape index (κ2) is 8.57. The lowest BCUT2D eigenvalue weighted by Crippen LogP contribution is -2.54. The number of alkyl halides is 1. The van der Waals surface area contributed by atoms with Crippen LogP contribution in [0.2, 0.25) is 0 Å². The molecule has 1 aromatic heterocycles. The van der Waals surface area contributed by atoms with E-state index in [0.29, 0.717) is 37.0 Å². The first-order valence-corrected chi connectivity index (χ1v) is 10.6. The van der Waals surface area contributed by atoms with Crippen molar-refractivity contribution in [3.8, 4) is 6.07 Å². The molecule has 0 spiro atoms. The number of amides is 1. The topological polar surface area (TPSA) is 78.2 Å². The molecule has 1 aromatic carbocycles. The molecule has 2 heterocycles. The Morgan fingerprint density at radius 1 is 1.33 bits per heavy atom. The van der Waals surface area contributed by atoms with Crippen LogP contribution in [-0.2, 0) is 9.53 Å². The van der Waals surface area contributed by atoms with Gasteiger partial charge in [0, 0.05) is 23.8 Å². The van der Waals surface area contributed by atoms with E-state index in [1.54, 1.807) is 12.3 Å². The first-order valence-electron chi connectivity index (χ1n) is 10.6. The molecule has 1 aliphatic carbocycles. The Hall–Kier alpha value is -2.72. The third-order valence-electron chi connectivity index (χ3n) is 6.09. The molecule has 2 fully saturated rings. The smallest absolute Gasteiger partial charge is 0.251 e. The average Bonchev–Trinajstić information content (AvgIpc) is 2.77. The average molecular weight is 410 g/mol. The minimum atomic E-state index is -1.30. The molecule has 6 nitrogen and oxygen atoms in total. The van der Waals surface area contributed by atoms with E-state index < -0.39 is 11.8 Å². The van der Waals surface area contributed by atoms with Crippen molar-refractivity contribution in [2.75, 3.05) is 24.5 Å². The van der Waals surface area contributed by atoms with Gasteiger partial charge in [0.2, 0.25) is 0 Å². The quantitative estimate of drug-likeness (QED) is 0.835. The molecule has 2 aromatic rings. The minimum absolute atomic E-state index is 0.0454. The number of carbonyl (C=O) groups excluding carboxylic acids is 1. The second-order valence-electron chi connectivity index (χ2n) is 8.41. The molecule has 7 heteroatoms. The lowest BCUT2D eigenvalue weighted by Gasteiger charge is -2.38. The fourth-order valence-electron chi connectivity index (χ4n) is 4.54. The number of anilines is 1. The van der Waals surface area contributed by atoms with Crippen molar-refractivity contribution in [2.24, 2.45) is 0 Å². The van der Waals surface area contributed by atoms with Gasteiger partial charge in [-0.1, -0.05) is 19.3 Å². The van der Waals surface area contributed by atoms with E-state index in [1.165, 1.54) is 0 Å². The van der Waals surface area contributed by atoms with E-state index in [9.17, 15) is 14.4 Å². The Morgan fingerprint density at radius 2 is 2.13 bits per heavy atom. The Balaban J connectivity index is 1.51. The summed E-state index contributed by atoms with van der Waals surface area (Å²) in [5, 5.41) is 13.0. The van der Waals surface area contributed by atoms with E-state index in [1.807, 2.05) is 25.1 Å². The number of nitrogens with one attached hydrogen (secondary N) is 1. The van der Waals surface area contributed by atoms with E-state index in [4.69, 9.17) is 4.74 Å². The highest BCUT2D eigenvalue weighted by atomic mass is 19.1. The molecule has 1 saturated carbocycles. The Bertz CT molecular complexity index is 967. The third-order valence-corrected chi connectivity index (χ3v) is 6.09. The van der Waals surface area contributed by atoms with Gasteiger partial charge in [0.25, 0.3) is 5.91 Å². The van der Waals surface area contributed by atoms with Crippen molar-refractivity contribution in [1.29, 1.82) is 5.26 Å². The highest BCUT2D eigenvalue weighted by molar-refractivity contribution is 5.95. The van der Waals surface area contributed by atoms with Gasteiger partial charge < -0.3 is 15.0 Å². The van der Waals surface area contributed by atoms with Crippen molar-refractivity contribution in [2.45, 2.75) is 56.9 Å². The fourth-order valence-corrected chi connectivity index (χ4v) is 4.54. The highest BCUT2D eigenvalue weighted by Crippen LogP contribution is 2.32. The molecule has 30 heavy (non-hydrogen) atoms. The molecule has 4 rings (SSSR count). The van der Waals surface area contributed by atoms with Gasteiger partial charge in [-0.15, -0.1) is 0 Å². The number of pyridine rings is 1. The van der Waals surface area contributed by atoms with Crippen molar-refractivity contribution in [1.82, 2.24) is 10.3 Å². The number of hydrogen-bond donors (Lipinski definition) is 1. The number of rotatable bonds is 4. The van der Waals surface area contributed by atoms with Crippen LogP contribution in [0.15, 0.2) is 30.5 Å². The van der Waals surface area contributed by atoms with Crippen molar-refractivity contribution in [3.63, 3.8) is 0 Å². The standard InChI is InChI=1S/C23H27FN4O2/c1-16-13-28(19-8-7-17(12-25)21-18(19)6-5-11-26-21)14-20(30-16)22(29)27-15-23(24)9-3-2-4-10-23/h5-8,11,16,20H,2-4,9-10,13-15H2,1H3,(H,27,29).